The molecule has 0 bridgehead atoms. The van der Waals surface area contributed by atoms with Crippen LogP contribution in [0, 0.1) is 19.8 Å². The number of nitrogens with zero attached hydrogens (tertiary/aromatic N) is 2. The first-order valence-electron chi connectivity index (χ1n) is 7.91. The van der Waals surface area contributed by atoms with Gasteiger partial charge in [0, 0.05) is 12.2 Å². The van der Waals surface area contributed by atoms with E-state index in [1.807, 2.05) is 6.07 Å². The van der Waals surface area contributed by atoms with Gasteiger partial charge in [-0.25, -0.2) is 0 Å². The predicted octanol–water partition coefficient (Wildman–Crippen LogP) is 2.76. The van der Waals surface area contributed by atoms with Crippen molar-refractivity contribution < 1.29 is 0 Å². The second kappa shape index (κ2) is 7.46. The van der Waals surface area contributed by atoms with Crippen LogP contribution < -0.4 is 11.1 Å². The molecule has 1 aromatic carbocycles. The first-order chi connectivity index (χ1) is 10.0. The van der Waals surface area contributed by atoms with Crippen LogP contribution in [0.3, 0.4) is 0 Å². The molecule has 0 aromatic heterocycles. The van der Waals surface area contributed by atoms with Crippen LogP contribution in [-0.4, -0.2) is 37.0 Å². The molecule has 21 heavy (non-hydrogen) atoms. The number of nitrogens with one attached hydrogen (secondary N) is 1. The lowest BCUT2D eigenvalue weighted by molar-refractivity contribution is 0.197. The third-order valence-corrected chi connectivity index (χ3v) is 4.35. The molecule has 1 aliphatic heterocycles. The summed E-state index contributed by atoms with van der Waals surface area (Å²) in [5, 5.41) is 3.16. The molecule has 1 saturated heterocycles. The van der Waals surface area contributed by atoms with Gasteiger partial charge in [0.2, 0.25) is 0 Å². The van der Waals surface area contributed by atoms with Crippen molar-refractivity contribution >= 4 is 11.6 Å². The number of guanidine groups is 1. The standard InChI is InChI=1S/C17H28N4/c1-13-6-9-21(10-7-13)11-8-19-17(18)20-16-5-4-14(2)15(3)12-16/h4-5,12-13H,6-11H2,1-3H3,(H3,18,19,20). The van der Waals surface area contributed by atoms with Gasteiger partial charge < -0.3 is 16.0 Å². The van der Waals surface area contributed by atoms with Gasteiger partial charge in [-0.05, 0) is 69.0 Å². The summed E-state index contributed by atoms with van der Waals surface area (Å²) in [7, 11) is 0. The molecule has 0 unspecified atom stereocenters. The van der Waals surface area contributed by atoms with E-state index < -0.39 is 0 Å². The maximum Gasteiger partial charge on any atom is 0.193 e. The van der Waals surface area contributed by atoms with E-state index in [9.17, 15) is 0 Å². The monoisotopic (exact) mass is 288 g/mol. The van der Waals surface area contributed by atoms with Crippen LogP contribution >= 0.6 is 0 Å². The molecule has 116 valence electrons. The maximum atomic E-state index is 5.95. The second-order valence-electron chi connectivity index (χ2n) is 6.22. The fourth-order valence-corrected chi connectivity index (χ4v) is 2.60. The van der Waals surface area contributed by atoms with E-state index in [-0.39, 0.29) is 0 Å². The molecular formula is C17H28N4. The summed E-state index contributed by atoms with van der Waals surface area (Å²) in [5.74, 6) is 1.38. The Morgan fingerprint density at radius 1 is 1.29 bits per heavy atom. The van der Waals surface area contributed by atoms with Gasteiger partial charge in [-0.3, -0.25) is 4.99 Å². The Bertz CT molecular complexity index is 488. The maximum absolute atomic E-state index is 5.95. The summed E-state index contributed by atoms with van der Waals surface area (Å²) in [6.45, 7) is 10.7. The minimum Gasteiger partial charge on any atom is -0.370 e. The smallest absolute Gasteiger partial charge is 0.193 e. The molecule has 4 heteroatoms. The van der Waals surface area contributed by atoms with E-state index in [0.717, 1.165) is 24.7 Å². The van der Waals surface area contributed by atoms with E-state index in [0.29, 0.717) is 5.96 Å². The largest absolute Gasteiger partial charge is 0.370 e. The topological polar surface area (TPSA) is 53.6 Å². The highest BCUT2D eigenvalue weighted by Crippen LogP contribution is 2.15. The molecule has 1 heterocycles. The zero-order valence-electron chi connectivity index (χ0n) is 13.5. The van der Waals surface area contributed by atoms with Crippen LogP contribution in [0.1, 0.15) is 30.9 Å². The SMILES string of the molecule is Cc1ccc(NC(N)=NCCN2CCC(C)CC2)cc1C. The van der Waals surface area contributed by atoms with Crippen LogP contribution in [0.2, 0.25) is 0 Å². The quantitative estimate of drug-likeness (QED) is 0.661. The third kappa shape index (κ3) is 5.05. The van der Waals surface area contributed by atoms with Gasteiger partial charge in [-0.1, -0.05) is 13.0 Å². The van der Waals surface area contributed by atoms with E-state index >= 15 is 0 Å². The fourth-order valence-electron chi connectivity index (χ4n) is 2.60. The average molecular weight is 288 g/mol. The van der Waals surface area contributed by atoms with E-state index in [4.69, 9.17) is 5.73 Å². The first-order valence-corrected chi connectivity index (χ1v) is 7.91. The molecular weight excluding hydrogens is 260 g/mol. The molecule has 0 atom stereocenters. The number of likely N-dealkylation sites (tertiary alicyclic amines) is 1. The normalized spacial score (nSPS) is 18.0. The van der Waals surface area contributed by atoms with Crippen molar-refractivity contribution in [2.75, 3.05) is 31.5 Å². The molecule has 0 radical (unpaired) electrons. The summed E-state index contributed by atoms with van der Waals surface area (Å²) >= 11 is 0. The second-order valence-corrected chi connectivity index (χ2v) is 6.22. The van der Waals surface area contributed by atoms with Gasteiger partial charge >= 0.3 is 0 Å². The van der Waals surface area contributed by atoms with Crippen LogP contribution in [0.4, 0.5) is 5.69 Å². The Morgan fingerprint density at radius 3 is 2.67 bits per heavy atom. The number of rotatable bonds is 4. The van der Waals surface area contributed by atoms with E-state index in [1.165, 1.54) is 37.1 Å². The van der Waals surface area contributed by atoms with Gasteiger partial charge in [0.15, 0.2) is 5.96 Å². The first kappa shape index (κ1) is 15.8. The van der Waals surface area contributed by atoms with Gasteiger partial charge in [-0.15, -0.1) is 0 Å². The lowest BCUT2D eigenvalue weighted by atomic mass is 9.99. The lowest BCUT2D eigenvalue weighted by Crippen LogP contribution is -2.35. The van der Waals surface area contributed by atoms with Crippen molar-refractivity contribution in [3.63, 3.8) is 0 Å². The predicted molar refractivity (Wildman–Crippen MR) is 90.9 cm³/mol. The lowest BCUT2D eigenvalue weighted by Gasteiger charge is -2.29. The van der Waals surface area contributed by atoms with Crippen LogP contribution in [-0.2, 0) is 0 Å². The molecule has 0 aliphatic carbocycles. The van der Waals surface area contributed by atoms with E-state index in [1.54, 1.807) is 0 Å². The van der Waals surface area contributed by atoms with Crippen molar-refractivity contribution in [2.45, 2.75) is 33.6 Å². The minimum atomic E-state index is 0.503. The molecule has 0 saturated carbocycles. The number of hydrogen-bond acceptors (Lipinski definition) is 2. The van der Waals surface area contributed by atoms with Crippen LogP contribution in [0.25, 0.3) is 0 Å². The number of piperidine rings is 1. The summed E-state index contributed by atoms with van der Waals surface area (Å²) < 4.78 is 0. The zero-order chi connectivity index (χ0) is 15.2. The molecule has 1 aromatic rings. The summed E-state index contributed by atoms with van der Waals surface area (Å²) in [4.78, 5) is 6.91. The van der Waals surface area contributed by atoms with Gasteiger partial charge in [0.1, 0.15) is 0 Å². The summed E-state index contributed by atoms with van der Waals surface area (Å²) in [6, 6.07) is 6.24. The number of benzene rings is 1. The Morgan fingerprint density at radius 2 is 2.00 bits per heavy atom. The molecule has 2 rings (SSSR count). The van der Waals surface area contributed by atoms with Crippen molar-refractivity contribution in [2.24, 2.45) is 16.6 Å². The van der Waals surface area contributed by atoms with Gasteiger partial charge in [-0.2, -0.15) is 0 Å². The molecule has 3 N–H and O–H groups in total. The van der Waals surface area contributed by atoms with Crippen LogP contribution in [0.15, 0.2) is 23.2 Å². The van der Waals surface area contributed by atoms with Crippen LogP contribution in [0.5, 0.6) is 0 Å². The van der Waals surface area contributed by atoms with Gasteiger partial charge in [0.05, 0.1) is 6.54 Å². The number of anilines is 1. The fraction of sp³-hybridized carbons (Fsp3) is 0.588. The third-order valence-electron chi connectivity index (χ3n) is 4.35. The number of nitrogens with two attached hydrogens (primary N) is 1. The molecule has 0 spiro atoms. The Kier molecular flexibility index (Phi) is 5.62. The van der Waals surface area contributed by atoms with Crippen molar-refractivity contribution in [3.8, 4) is 0 Å². The van der Waals surface area contributed by atoms with E-state index in [2.05, 4.69) is 48.1 Å². The highest BCUT2D eigenvalue weighted by molar-refractivity contribution is 5.92. The number of aliphatic imine (C=N–C) groups is 1. The molecule has 1 aliphatic rings. The van der Waals surface area contributed by atoms with Crippen molar-refractivity contribution in [1.82, 2.24) is 4.90 Å². The molecule has 1 fully saturated rings. The Labute approximate surface area is 128 Å². The summed E-state index contributed by atoms with van der Waals surface area (Å²) in [6.07, 6.45) is 2.61. The Balaban J connectivity index is 1.77. The van der Waals surface area contributed by atoms with Crippen molar-refractivity contribution in [3.05, 3.63) is 29.3 Å². The zero-order valence-corrected chi connectivity index (χ0v) is 13.5. The highest BCUT2D eigenvalue weighted by atomic mass is 15.2. The molecule has 0 amide bonds. The minimum absolute atomic E-state index is 0.503. The number of aryl methyl sites for hydroxylation is 2. The van der Waals surface area contributed by atoms with Gasteiger partial charge in [0.25, 0.3) is 0 Å². The Hall–Kier alpha value is -1.55. The van der Waals surface area contributed by atoms with Crippen molar-refractivity contribution in [1.29, 1.82) is 0 Å². The summed E-state index contributed by atoms with van der Waals surface area (Å²) in [5.41, 5.74) is 9.50. The highest BCUT2D eigenvalue weighted by Gasteiger charge is 2.14. The number of hydrogen-bond donors (Lipinski definition) is 2. The molecule has 4 nitrogen and oxygen atoms in total. The average Bonchev–Trinajstić information content (AvgIpc) is 2.45.